The molecule has 1 aromatic carbocycles. The van der Waals surface area contributed by atoms with Crippen molar-refractivity contribution in [3.05, 3.63) is 34.6 Å². The van der Waals surface area contributed by atoms with Crippen LogP contribution >= 0.6 is 0 Å². The fourth-order valence-corrected chi connectivity index (χ4v) is 3.71. The molecule has 0 bridgehead atoms. The van der Waals surface area contributed by atoms with Crippen molar-refractivity contribution in [1.82, 2.24) is 4.90 Å². The number of carbonyl (C=O) groups excluding carboxylic acids is 1. The maximum absolute atomic E-state index is 14.2. The Bertz CT molecular complexity index is 631. The molecule has 1 saturated heterocycles. The molecule has 0 saturated carbocycles. The Balaban J connectivity index is 2.03. The Morgan fingerprint density at radius 3 is 2.64 bits per heavy atom. The fraction of sp³-hybridized carbons (Fsp3) is 0.682. The van der Waals surface area contributed by atoms with Gasteiger partial charge in [-0.1, -0.05) is 13.0 Å². The zero-order valence-electron chi connectivity index (χ0n) is 17.4. The van der Waals surface area contributed by atoms with E-state index in [2.05, 4.69) is 4.90 Å². The molecule has 1 N–H and O–H groups in total. The molecule has 158 valence electrons. The number of rotatable bonds is 11. The Morgan fingerprint density at radius 2 is 2.00 bits per heavy atom. The number of esters is 1. The lowest BCUT2D eigenvalue weighted by atomic mass is 9.95. The summed E-state index contributed by atoms with van der Waals surface area (Å²) in [5, 5.41) is 10.3. The molecule has 28 heavy (non-hydrogen) atoms. The summed E-state index contributed by atoms with van der Waals surface area (Å²) in [5.74, 6) is -0.542. The van der Waals surface area contributed by atoms with Crippen LogP contribution in [0.3, 0.4) is 0 Å². The van der Waals surface area contributed by atoms with Crippen LogP contribution in [0.5, 0.6) is 0 Å². The summed E-state index contributed by atoms with van der Waals surface area (Å²) in [6.07, 6.45) is 2.86. The summed E-state index contributed by atoms with van der Waals surface area (Å²) >= 11 is 0. The molecule has 2 atom stereocenters. The highest BCUT2D eigenvalue weighted by Crippen LogP contribution is 2.28. The van der Waals surface area contributed by atoms with E-state index in [9.17, 15) is 14.3 Å². The topological polar surface area (TPSA) is 59.0 Å². The maximum atomic E-state index is 14.2. The normalized spacial score (nSPS) is 16.9. The number of aliphatic hydroxyl groups excluding tert-OH is 1. The summed E-state index contributed by atoms with van der Waals surface area (Å²) in [6, 6.07) is 3.30. The van der Waals surface area contributed by atoms with Gasteiger partial charge in [0.15, 0.2) is 0 Å². The van der Waals surface area contributed by atoms with Crippen molar-refractivity contribution >= 4 is 5.97 Å². The minimum absolute atomic E-state index is 0.210. The van der Waals surface area contributed by atoms with Gasteiger partial charge in [0, 0.05) is 13.0 Å². The van der Waals surface area contributed by atoms with E-state index in [-0.39, 0.29) is 30.9 Å². The molecule has 5 nitrogen and oxygen atoms in total. The third-order valence-corrected chi connectivity index (χ3v) is 5.20. The van der Waals surface area contributed by atoms with Gasteiger partial charge in [0.2, 0.25) is 0 Å². The minimum atomic E-state index is -0.564. The first kappa shape index (κ1) is 22.8. The van der Waals surface area contributed by atoms with E-state index in [4.69, 9.17) is 9.47 Å². The van der Waals surface area contributed by atoms with E-state index in [1.165, 1.54) is 18.9 Å². The standard InChI is InChI=1S/C22H34FNO4/c1-4-21(28-15-18(25)14-24-10-6-7-11-24)19-13-20(23)16(3)12-17(19)8-9-22(26)27-5-2/h12-13,18,21,25H,4-11,14-15H2,1-3H3. The van der Waals surface area contributed by atoms with Crippen molar-refractivity contribution in [2.75, 3.05) is 32.8 Å². The minimum Gasteiger partial charge on any atom is -0.466 e. The number of β-amino-alcohol motifs (C(OH)–C–C–N with tert-alkyl or cyclic N) is 1. The third-order valence-electron chi connectivity index (χ3n) is 5.20. The molecule has 2 rings (SSSR count). The predicted octanol–water partition coefficient (Wildman–Crippen LogP) is 3.55. The average Bonchev–Trinajstić information content (AvgIpc) is 3.16. The molecule has 1 aliphatic heterocycles. The number of nitrogens with zero attached hydrogens (tertiary/aromatic N) is 1. The summed E-state index contributed by atoms with van der Waals surface area (Å²) in [5.41, 5.74) is 2.20. The molecule has 1 fully saturated rings. The highest BCUT2D eigenvalue weighted by Gasteiger charge is 2.21. The second kappa shape index (κ2) is 11.5. The van der Waals surface area contributed by atoms with Gasteiger partial charge >= 0.3 is 5.97 Å². The summed E-state index contributed by atoms with van der Waals surface area (Å²) in [6.45, 7) is 8.68. The molecule has 1 aromatic rings. The van der Waals surface area contributed by atoms with E-state index >= 15 is 0 Å². The summed E-state index contributed by atoms with van der Waals surface area (Å²) in [7, 11) is 0. The van der Waals surface area contributed by atoms with Gasteiger partial charge in [-0.25, -0.2) is 4.39 Å². The molecular weight excluding hydrogens is 361 g/mol. The number of ether oxygens (including phenoxy) is 2. The number of halogens is 1. The first-order valence-electron chi connectivity index (χ1n) is 10.4. The largest absolute Gasteiger partial charge is 0.466 e. The van der Waals surface area contributed by atoms with Crippen molar-refractivity contribution in [1.29, 1.82) is 0 Å². The smallest absolute Gasteiger partial charge is 0.306 e. The van der Waals surface area contributed by atoms with Crippen molar-refractivity contribution in [2.45, 2.75) is 65.1 Å². The van der Waals surface area contributed by atoms with Crippen LogP contribution in [-0.4, -0.2) is 54.9 Å². The first-order valence-corrected chi connectivity index (χ1v) is 10.4. The lowest BCUT2D eigenvalue weighted by Gasteiger charge is -2.24. The van der Waals surface area contributed by atoms with E-state index < -0.39 is 6.10 Å². The number of hydrogen-bond donors (Lipinski definition) is 1. The molecule has 2 unspecified atom stereocenters. The number of hydrogen-bond acceptors (Lipinski definition) is 5. The van der Waals surface area contributed by atoms with Crippen LogP contribution in [-0.2, 0) is 20.7 Å². The maximum Gasteiger partial charge on any atom is 0.306 e. The number of aryl methyl sites for hydroxylation is 2. The lowest BCUT2D eigenvalue weighted by molar-refractivity contribution is -0.143. The zero-order valence-corrected chi connectivity index (χ0v) is 17.4. The molecule has 0 aromatic heterocycles. The van der Waals surface area contributed by atoms with Crippen LogP contribution in [0.1, 0.15) is 62.3 Å². The lowest BCUT2D eigenvalue weighted by Crippen LogP contribution is -2.33. The number of likely N-dealkylation sites (tertiary alicyclic amines) is 1. The Kier molecular flexibility index (Phi) is 9.35. The van der Waals surface area contributed by atoms with Gasteiger partial charge in [-0.2, -0.15) is 0 Å². The molecule has 6 heteroatoms. The molecule has 0 radical (unpaired) electrons. The van der Waals surface area contributed by atoms with Gasteiger partial charge < -0.3 is 19.5 Å². The Labute approximate surface area is 167 Å². The second-order valence-electron chi connectivity index (χ2n) is 7.50. The summed E-state index contributed by atoms with van der Waals surface area (Å²) < 4.78 is 25.2. The van der Waals surface area contributed by atoms with Gasteiger partial charge in [-0.15, -0.1) is 0 Å². The highest BCUT2D eigenvalue weighted by molar-refractivity contribution is 5.69. The van der Waals surface area contributed by atoms with Gasteiger partial charge in [0.25, 0.3) is 0 Å². The van der Waals surface area contributed by atoms with E-state index in [0.717, 1.165) is 24.2 Å². The average molecular weight is 396 g/mol. The Morgan fingerprint density at radius 1 is 1.29 bits per heavy atom. The quantitative estimate of drug-likeness (QED) is 0.581. The number of benzene rings is 1. The Hall–Kier alpha value is -1.50. The molecular formula is C22H34FNO4. The molecule has 0 amide bonds. The van der Waals surface area contributed by atoms with Crippen molar-refractivity contribution in [3.63, 3.8) is 0 Å². The van der Waals surface area contributed by atoms with Crippen molar-refractivity contribution in [3.8, 4) is 0 Å². The van der Waals surface area contributed by atoms with Crippen molar-refractivity contribution in [2.24, 2.45) is 0 Å². The third kappa shape index (κ3) is 6.83. The predicted molar refractivity (Wildman–Crippen MR) is 107 cm³/mol. The first-order chi connectivity index (χ1) is 13.4. The van der Waals surface area contributed by atoms with E-state index in [1.807, 2.05) is 6.92 Å². The molecule has 1 heterocycles. The van der Waals surface area contributed by atoms with E-state index in [1.54, 1.807) is 19.9 Å². The van der Waals surface area contributed by atoms with Crippen LogP contribution in [0.15, 0.2) is 12.1 Å². The summed E-state index contributed by atoms with van der Waals surface area (Å²) in [4.78, 5) is 14.0. The van der Waals surface area contributed by atoms with Gasteiger partial charge in [0.05, 0.1) is 25.4 Å². The monoisotopic (exact) mass is 395 g/mol. The van der Waals surface area contributed by atoms with Gasteiger partial charge in [-0.05, 0) is 75.4 Å². The second-order valence-corrected chi connectivity index (χ2v) is 7.50. The highest BCUT2D eigenvalue weighted by atomic mass is 19.1. The van der Waals surface area contributed by atoms with Crippen LogP contribution < -0.4 is 0 Å². The number of carbonyl (C=O) groups is 1. The zero-order chi connectivity index (χ0) is 20.5. The molecule has 1 aliphatic rings. The SMILES string of the molecule is CCOC(=O)CCc1cc(C)c(F)cc1C(CC)OCC(O)CN1CCCC1. The van der Waals surface area contributed by atoms with Crippen LogP contribution in [0.4, 0.5) is 4.39 Å². The molecule has 0 aliphatic carbocycles. The van der Waals surface area contributed by atoms with Crippen molar-refractivity contribution < 1.29 is 23.8 Å². The van der Waals surface area contributed by atoms with Gasteiger partial charge in [0.1, 0.15) is 5.82 Å². The van der Waals surface area contributed by atoms with Crippen LogP contribution in [0, 0.1) is 12.7 Å². The van der Waals surface area contributed by atoms with E-state index in [0.29, 0.717) is 31.6 Å². The fourth-order valence-electron chi connectivity index (χ4n) is 3.71. The molecule has 0 spiro atoms. The van der Waals surface area contributed by atoms with Gasteiger partial charge in [-0.3, -0.25) is 4.79 Å². The van der Waals surface area contributed by atoms with Crippen LogP contribution in [0.25, 0.3) is 0 Å². The van der Waals surface area contributed by atoms with Crippen LogP contribution in [0.2, 0.25) is 0 Å². The number of aliphatic hydroxyl groups is 1.